The fourth-order valence-electron chi connectivity index (χ4n) is 3.49. The van der Waals surface area contributed by atoms with E-state index >= 15 is 0 Å². The van der Waals surface area contributed by atoms with E-state index in [0.29, 0.717) is 0 Å². The number of phosphoric ester groups is 1. The Bertz CT molecular complexity index is 1460. The number of nitrogen functional groups attached to an aromatic ring is 1. The van der Waals surface area contributed by atoms with Crippen LogP contribution in [0.1, 0.15) is 18.2 Å². The molecule has 0 amide bonds. The first-order chi connectivity index (χ1) is 17.6. The maximum absolute atomic E-state index is 12.5. The minimum atomic E-state index is -5.70. The summed E-state index contributed by atoms with van der Waals surface area (Å²) >= 11 is 0. The van der Waals surface area contributed by atoms with Crippen LogP contribution in [0.5, 0.6) is 0 Å². The van der Waals surface area contributed by atoms with Crippen molar-refractivity contribution < 1.29 is 55.9 Å². The van der Waals surface area contributed by atoms with Gasteiger partial charge in [0, 0.05) is 12.6 Å². The van der Waals surface area contributed by atoms with Gasteiger partial charge in [0.05, 0.1) is 36.8 Å². The highest BCUT2D eigenvalue weighted by Gasteiger charge is 2.43. The third-order valence-corrected chi connectivity index (χ3v) is 8.57. The molecule has 0 saturated carbocycles. The quantitative estimate of drug-likeness (QED) is 0.100. The number of aromatic amines is 1. The Morgan fingerprint density at radius 1 is 1.26 bits per heavy atom. The number of H-pyrrole nitrogens is 1. The third kappa shape index (κ3) is 7.92. The van der Waals surface area contributed by atoms with Gasteiger partial charge in [0.15, 0.2) is 5.65 Å². The van der Waals surface area contributed by atoms with Crippen molar-refractivity contribution >= 4 is 40.4 Å². The van der Waals surface area contributed by atoms with Gasteiger partial charge in [-0.15, -0.1) is 6.58 Å². The minimum Gasteiger partial charge on any atom is -0.371 e. The van der Waals surface area contributed by atoms with Gasteiger partial charge in [-0.05, 0) is 0 Å². The second-order valence-corrected chi connectivity index (χ2v) is 11.9. The second-order valence-electron chi connectivity index (χ2n) is 7.52. The zero-order chi connectivity index (χ0) is 28.3. The van der Waals surface area contributed by atoms with E-state index in [-0.39, 0.29) is 42.1 Å². The van der Waals surface area contributed by atoms with E-state index in [1.807, 2.05) is 0 Å². The first-order valence-corrected chi connectivity index (χ1v) is 14.9. The van der Waals surface area contributed by atoms with Crippen LogP contribution in [0.2, 0.25) is 0 Å². The molecule has 5 atom stereocenters. The van der Waals surface area contributed by atoms with Gasteiger partial charge in [0.1, 0.15) is 12.3 Å². The Hall–Kier alpha value is -2.19. The van der Waals surface area contributed by atoms with Crippen molar-refractivity contribution in [3.8, 4) is 11.8 Å². The van der Waals surface area contributed by atoms with Gasteiger partial charge in [-0.3, -0.25) is 14.3 Å². The zero-order valence-electron chi connectivity index (χ0n) is 19.3. The molecule has 0 radical (unpaired) electrons. The molecule has 38 heavy (non-hydrogen) atoms. The monoisotopic (exact) mass is 599 g/mol. The zero-order valence-corrected chi connectivity index (χ0v) is 22.0. The van der Waals surface area contributed by atoms with Gasteiger partial charge in [-0.25, -0.2) is 13.7 Å². The Morgan fingerprint density at radius 3 is 2.61 bits per heavy atom. The molecule has 1 aliphatic rings. The molecule has 1 saturated heterocycles. The van der Waals surface area contributed by atoms with E-state index < -0.39 is 54.1 Å². The number of rotatable bonds is 11. The molecule has 2 unspecified atom stereocenters. The van der Waals surface area contributed by atoms with Crippen LogP contribution in [0.25, 0.3) is 11.0 Å². The van der Waals surface area contributed by atoms with Crippen LogP contribution in [0.3, 0.4) is 0 Å². The van der Waals surface area contributed by atoms with E-state index in [0.717, 1.165) is 0 Å². The number of aromatic nitrogens is 3. The summed E-state index contributed by atoms with van der Waals surface area (Å²) in [5.74, 6) is 5.23. The smallest absolute Gasteiger partial charge is 0.371 e. The molecular formula is C17H24N5O13P3. The SMILES string of the molecule is C=CCO[C@@H]1C[C@H](n2cc(C#CCN)c3c(=O)[nH]c(N)nc32)O[C@@H]1COP(=O)(O)OP(=O)(O)OP(=O)(O)O. The Balaban J connectivity index is 1.86. The lowest BCUT2D eigenvalue weighted by Crippen LogP contribution is -2.29. The predicted octanol–water partition coefficient (Wildman–Crippen LogP) is -0.181. The first kappa shape index (κ1) is 30.4. The summed E-state index contributed by atoms with van der Waals surface area (Å²) in [7, 11) is -16.7. The molecule has 2 aromatic rings. The van der Waals surface area contributed by atoms with Crippen molar-refractivity contribution in [3.63, 3.8) is 0 Å². The number of ether oxygens (including phenoxy) is 2. The van der Waals surface area contributed by atoms with E-state index in [2.05, 4.69) is 37.0 Å². The van der Waals surface area contributed by atoms with Crippen molar-refractivity contribution in [2.24, 2.45) is 5.73 Å². The summed E-state index contributed by atoms with van der Waals surface area (Å²) in [6.45, 7) is 2.85. The number of nitrogens with zero attached hydrogens (tertiary/aromatic N) is 2. The van der Waals surface area contributed by atoms with Crippen molar-refractivity contribution in [2.75, 3.05) is 25.5 Å². The van der Waals surface area contributed by atoms with Gasteiger partial charge in [0.2, 0.25) is 5.95 Å². The maximum Gasteiger partial charge on any atom is 0.490 e. The molecule has 1 fully saturated rings. The van der Waals surface area contributed by atoms with Crippen molar-refractivity contribution in [1.82, 2.24) is 14.5 Å². The second kappa shape index (κ2) is 11.9. The van der Waals surface area contributed by atoms with Crippen LogP contribution < -0.4 is 17.0 Å². The lowest BCUT2D eigenvalue weighted by Gasteiger charge is -2.21. The molecule has 3 heterocycles. The van der Waals surface area contributed by atoms with Crippen LogP contribution in [0.15, 0.2) is 23.6 Å². The molecule has 0 spiro atoms. The first-order valence-electron chi connectivity index (χ1n) is 10.4. The van der Waals surface area contributed by atoms with E-state index in [1.165, 1.54) is 16.8 Å². The van der Waals surface area contributed by atoms with Crippen LogP contribution >= 0.6 is 23.5 Å². The standard InChI is InChI=1S/C17H24N5O13P3/c1-2-6-31-11-7-13(22-8-10(4-3-5-18)14-15(22)20-17(19)21-16(14)23)33-12(11)9-32-37(27,28)35-38(29,30)34-36(24,25)26/h2,8,11-13H,1,5-7,9,18H2,(H,27,28)(H,29,30)(H2,24,25,26)(H3,19,20,21,23)/t11-,12-,13-/m1/s1. The number of anilines is 1. The van der Waals surface area contributed by atoms with E-state index in [9.17, 15) is 28.3 Å². The maximum atomic E-state index is 12.5. The Morgan fingerprint density at radius 2 is 1.97 bits per heavy atom. The number of phosphoric acid groups is 3. The third-order valence-electron chi connectivity index (χ3n) is 4.76. The van der Waals surface area contributed by atoms with Crippen molar-refractivity contribution in [1.29, 1.82) is 0 Å². The van der Waals surface area contributed by atoms with Crippen LogP contribution in [0.4, 0.5) is 5.95 Å². The highest BCUT2D eigenvalue weighted by atomic mass is 31.3. The summed E-state index contributed by atoms with van der Waals surface area (Å²) < 4.78 is 59.6. The van der Waals surface area contributed by atoms with Gasteiger partial charge in [-0.2, -0.15) is 13.6 Å². The molecule has 9 N–H and O–H groups in total. The van der Waals surface area contributed by atoms with Crippen LogP contribution in [-0.4, -0.2) is 66.1 Å². The minimum absolute atomic E-state index is 0.0209. The van der Waals surface area contributed by atoms with Gasteiger partial charge in [-0.1, -0.05) is 17.9 Å². The molecular weight excluding hydrogens is 575 g/mol. The van der Waals surface area contributed by atoms with Crippen LogP contribution in [-0.2, 0) is 36.3 Å². The largest absolute Gasteiger partial charge is 0.490 e. The summed E-state index contributed by atoms with van der Waals surface area (Å²) in [5, 5.41) is 0.115. The molecule has 3 rings (SSSR count). The number of fused-ring (bicyclic) bond motifs is 1. The summed E-state index contributed by atoms with van der Waals surface area (Å²) in [5.41, 5.74) is 11.0. The lowest BCUT2D eigenvalue weighted by atomic mass is 10.2. The van der Waals surface area contributed by atoms with Crippen molar-refractivity contribution in [2.45, 2.75) is 24.9 Å². The van der Waals surface area contributed by atoms with Crippen molar-refractivity contribution in [3.05, 3.63) is 34.8 Å². The highest BCUT2D eigenvalue weighted by Crippen LogP contribution is 2.66. The number of hydrogen-bond acceptors (Lipinski definition) is 12. The van der Waals surface area contributed by atoms with E-state index in [1.54, 1.807) is 0 Å². The molecule has 2 aromatic heterocycles. The average Bonchev–Trinajstić information content (AvgIpc) is 3.33. The molecule has 210 valence electrons. The molecule has 0 aliphatic carbocycles. The molecule has 1 aliphatic heterocycles. The lowest BCUT2D eigenvalue weighted by molar-refractivity contribution is -0.0549. The molecule has 0 aromatic carbocycles. The number of nitrogens with one attached hydrogen (secondary N) is 1. The summed E-state index contributed by atoms with van der Waals surface area (Å²) in [6.07, 6.45) is 0.222. The average molecular weight is 599 g/mol. The molecule has 18 nitrogen and oxygen atoms in total. The predicted molar refractivity (Wildman–Crippen MR) is 129 cm³/mol. The van der Waals surface area contributed by atoms with Gasteiger partial charge in [0.25, 0.3) is 5.56 Å². The van der Waals surface area contributed by atoms with E-state index in [4.69, 9.17) is 35.3 Å². The summed E-state index contributed by atoms with van der Waals surface area (Å²) in [4.78, 5) is 55.4. The fourth-order valence-corrected chi connectivity index (χ4v) is 6.52. The topological polar surface area (TPSA) is 281 Å². The highest BCUT2D eigenvalue weighted by molar-refractivity contribution is 7.66. The van der Waals surface area contributed by atoms with Gasteiger partial charge >= 0.3 is 23.5 Å². The number of nitrogens with two attached hydrogens (primary N) is 2. The number of hydrogen-bond donors (Lipinski definition) is 7. The Labute approximate surface area is 214 Å². The van der Waals surface area contributed by atoms with Crippen LogP contribution in [0, 0.1) is 11.8 Å². The normalized spacial score (nSPS) is 22.9. The fraction of sp³-hybridized carbons (Fsp3) is 0.412. The molecule has 0 bridgehead atoms. The Kier molecular flexibility index (Phi) is 9.51. The summed E-state index contributed by atoms with van der Waals surface area (Å²) in [6, 6.07) is 0. The molecule has 21 heteroatoms. The van der Waals surface area contributed by atoms with Gasteiger partial charge < -0.3 is 45.1 Å².